The van der Waals surface area contributed by atoms with Crippen molar-refractivity contribution in [2.45, 2.75) is 6.92 Å². The monoisotopic (exact) mass is 270 g/mol. The molecule has 2 nitrogen and oxygen atoms in total. The quantitative estimate of drug-likeness (QED) is 0.725. The maximum Gasteiger partial charge on any atom is 0.344 e. The van der Waals surface area contributed by atoms with Gasteiger partial charge in [-0.05, 0) is 18.6 Å². The predicted octanol–water partition coefficient (Wildman–Crippen LogP) is 4.23. The number of rotatable bonds is 1. The van der Waals surface area contributed by atoms with Gasteiger partial charge in [0.15, 0.2) is 5.76 Å². The number of carbonyl (C=O) groups excluding carboxylic acids is 1. The molecular formula is C16H11ClO2. The molecule has 0 radical (unpaired) electrons. The smallest absolute Gasteiger partial charge is 0.344 e. The zero-order valence-corrected chi connectivity index (χ0v) is 11.1. The van der Waals surface area contributed by atoms with E-state index in [1.165, 1.54) is 0 Å². The first kappa shape index (κ1) is 12.0. The van der Waals surface area contributed by atoms with Gasteiger partial charge < -0.3 is 4.74 Å². The fraction of sp³-hybridized carbons (Fsp3) is 0.0625. The summed E-state index contributed by atoms with van der Waals surface area (Å²) in [5, 5.41) is 0.457. The Labute approximate surface area is 116 Å². The van der Waals surface area contributed by atoms with Crippen LogP contribution in [-0.2, 0) is 4.74 Å². The molecule has 0 aliphatic carbocycles. The van der Waals surface area contributed by atoms with Gasteiger partial charge >= 0.3 is 5.97 Å². The van der Waals surface area contributed by atoms with E-state index in [2.05, 4.69) is 0 Å². The third-order valence-electron chi connectivity index (χ3n) is 3.09. The van der Waals surface area contributed by atoms with Gasteiger partial charge in [-0.15, -0.1) is 0 Å². The minimum atomic E-state index is -0.351. The molecule has 0 bridgehead atoms. The number of carbonyl (C=O) groups is 1. The van der Waals surface area contributed by atoms with Crippen molar-refractivity contribution < 1.29 is 9.53 Å². The first-order valence-electron chi connectivity index (χ1n) is 5.95. The number of ether oxygens (including phenoxy) is 1. The summed E-state index contributed by atoms with van der Waals surface area (Å²) in [7, 11) is 0. The highest BCUT2D eigenvalue weighted by molar-refractivity contribution is 6.52. The molecule has 0 atom stereocenters. The van der Waals surface area contributed by atoms with Crippen LogP contribution in [0.2, 0.25) is 0 Å². The minimum absolute atomic E-state index is 0.351. The fourth-order valence-corrected chi connectivity index (χ4v) is 2.32. The molecule has 94 valence electrons. The van der Waals surface area contributed by atoms with Crippen LogP contribution in [0.4, 0.5) is 0 Å². The van der Waals surface area contributed by atoms with Gasteiger partial charge in [0.1, 0.15) is 0 Å². The van der Waals surface area contributed by atoms with Crippen LogP contribution in [0.3, 0.4) is 0 Å². The van der Waals surface area contributed by atoms with Crippen molar-refractivity contribution in [3.05, 3.63) is 70.8 Å². The third kappa shape index (κ3) is 2.04. The average molecular weight is 271 g/mol. The van der Waals surface area contributed by atoms with Gasteiger partial charge in [0, 0.05) is 5.56 Å². The van der Waals surface area contributed by atoms with E-state index in [1.54, 1.807) is 6.07 Å². The average Bonchev–Trinajstić information content (AvgIpc) is 2.77. The second-order valence-electron chi connectivity index (χ2n) is 4.44. The molecular weight excluding hydrogens is 260 g/mol. The summed E-state index contributed by atoms with van der Waals surface area (Å²) in [6.45, 7) is 2.01. The van der Waals surface area contributed by atoms with Crippen LogP contribution in [0.1, 0.15) is 27.0 Å². The van der Waals surface area contributed by atoms with Crippen LogP contribution >= 0.6 is 11.6 Å². The fourth-order valence-electron chi connectivity index (χ4n) is 2.06. The van der Waals surface area contributed by atoms with Gasteiger partial charge in [-0.3, -0.25) is 0 Å². The lowest BCUT2D eigenvalue weighted by Crippen LogP contribution is -1.92. The van der Waals surface area contributed by atoms with Gasteiger partial charge in [-0.25, -0.2) is 4.79 Å². The number of fused-ring (bicyclic) bond motifs is 1. The van der Waals surface area contributed by atoms with E-state index in [0.717, 1.165) is 16.7 Å². The zero-order chi connectivity index (χ0) is 13.4. The van der Waals surface area contributed by atoms with Gasteiger partial charge in [-0.1, -0.05) is 59.6 Å². The molecule has 0 N–H and O–H groups in total. The molecule has 0 fully saturated rings. The molecule has 0 amide bonds. The minimum Gasteiger partial charge on any atom is -0.421 e. The Balaban J connectivity index is 2.14. The lowest BCUT2D eigenvalue weighted by molar-refractivity contribution is 0.0717. The van der Waals surface area contributed by atoms with Gasteiger partial charge in [0.25, 0.3) is 0 Å². The lowest BCUT2D eigenvalue weighted by atomic mass is 10.1. The van der Waals surface area contributed by atoms with E-state index >= 15 is 0 Å². The van der Waals surface area contributed by atoms with Crippen molar-refractivity contribution in [1.82, 2.24) is 0 Å². The van der Waals surface area contributed by atoms with Crippen molar-refractivity contribution in [2.75, 3.05) is 0 Å². The van der Waals surface area contributed by atoms with E-state index in [-0.39, 0.29) is 5.97 Å². The summed E-state index contributed by atoms with van der Waals surface area (Å²) in [6.07, 6.45) is 0. The maximum atomic E-state index is 11.8. The molecule has 0 saturated carbocycles. The lowest BCUT2D eigenvalue weighted by Gasteiger charge is -2.04. The van der Waals surface area contributed by atoms with Crippen LogP contribution in [0.5, 0.6) is 0 Å². The Kier molecular flexibility index (Phi) is 2.88. The highest BCUT2D eigenvalue weighted by atomic mass is 35.5. The highest BCUT2D eigenvalue weighted by Gasteiger charge is 2.28. The summed E-state index contributed by atoms with van der Waals surface area (Å²) < 4.78 is 5.29. The number of hydrogen-bond acceptors (Lipinski definition) is 2. The normalized spacial score (nSPS) is 16.0. The summed E-state index contributed by atoms with van der Waals surface area (Å²) in [4.78, 5) is 11.8. The van der Waals surface area contributed by atoms with Crippen LogP contribution in [0.15, 0.2) is 48.5 Å². The molecule has 19 heavy (non-hydrogen) atoms. The molecule has 0 saturated heterocycles. The van der Waals surface area contributed by atoms with Crippen LogP contribution < -0.4 is 0 Å². The van der Waals surface area contributed by atoms with Crippen molar-refractivity contribution in [2.24, 2.45) is 0 Å². The van der Waals surface area contributed by atoms with Gasteiger partial charge in [0.2, 0.25) is 0 Å². The van der Waals surface area contributed by atoms with Crippen molar-refractivity contribution >= 4 is 28.4 Å². The van der Waals surface area contributed by atoms with Crippen molar-refractivity contribution in [3.8, 4) is 0 Å². The number of halogens is 1. The Morgan fingerprint density at radius 2 is 1.63 bits per heavy atom. The summed E-state index contributed by atoms with van der Waals surface area (Å²) in [5.41, 5.74) is 3.30. The van der Waals surface area contributed by atoms with E-state index in [9.17, 15) is 4.79 Å². The number of benzene rings is 2. The maximum absolute atomic E-state index is 11.8. The van der Waals surface area contributed by atoms with E-state index in [1.807, 2.05) is 49.4 Å². The van der Waals surface area contributed by atoms with E-state index in [0.29, 0.717) is 16.4 Å². The molecule has 3 rings (SSSR count). The van der Waals surface area contributed by atoms with Crippen molar-refractivity contribution in [1.29, 1.82) is 0 Å². The Bertz CT molecular complexity index is 684. The first-order valence-corrected chi connectivity index (χ1v) is 6.33. The molecule has 0 aromatic heterocycles. The summed E-state index contributed by atoms with van der Waals surface area (Å²) in [5.74, 6) is 0.0852. The van der Waals surface area contributed by atoms with Crippen LogP contribution in [0, 0.1) is 6.92 Å². The third-order valence-corrected chi connectivity index (χ3v) is 3.48. The number of esters is 1. The van der Waals surface area contributed by atoms with E-state index < -0.39 is 0 Å². The Morgan fingerprint density at radius 1 is 1.00 bits per heavy atom. The second-order valence-corrected chi connectivity index (χ2v) is 4.82. The second kappa shape index (κ2) is 4.56. The number of cyclic esters (lactones) is 1. The number of hydrogen-bond donors (Lipinski definition) is 0. The van der Waals surface area contributed by atoms with Gasteiger partial charge in [0.05, 0.1) is 10.6 Å². The molecule has 2 aromatic rings. The van der Waals surface area contributed by atoms with Crippen LogP contribution in [0.25, 0.3) is 10.8 Å². The Hall–Kier alpha value is -2.06. The predicted molar refractivity (Wildman–Crippen MR) is 75.7 cm³/mol. The molecule has 3 heteroatoms. The molecule has 1 aliphatic rings. The summed E-state index contributed by atoms with van der Waals surface area (Å²) >= 11 is 6.36. The standard InChI is InChI=1S/C16H11ClO2/c1-10-6-8-11(9-7-10)14(17)15-12-4-2-3-5-13(12)16(18)19-15/h2-9H,1H3/b15-14+. The molecule has 2 aromatic carbocycles. The largest absolute Gasteiger partial charge is 0.421 e. The SMILES string of the molecule is Cc1ccc(/C(Cl)=C2\OC(=O)c3ccccc32)cc1. The molecule has 1 aliphatic heterocycles. The van der Waals surface area contributed by atoms with E-state index in [4.69, 9.17) is 16.3 Å². The topological polar surface area (TPSA) is 26.3 Å². The first-order chi connectivity index (χ1) is 9.16. The zero-order valence-electron chi connectivity index (χ0n) is 10.3. The summed E-state index contributed by atoms with van der Waals surface area (Å²) in [6, 6.07) is 15.0. The molecule has 1 heterocycles. The molecule has 0 unspecified atom stereocenters. The van der Waals surface area contributed by atoms with Crippen LogP contribution in [-0.4, -0.2) is 5.97 Å². The van der Waals surface area contributed by atoms with Gasteiger partial charge in [-0.2, -0.15) is 0 Å². The number of aryl methyl sites for hydroxylation is 1. The highest BCUT2D eigenvalue weighted by Crippen LogP contribution is 2.37. The molecule has 0 spiro atoms. The van der Waals surface area contributed by atoms with Crippen molar-refractivity contribution in [3.63, 3.8) is 0 Å². The Morgan fingerprint density at radius 3 is 2.32 bits per heavy atom.